The van der Waals surface area contributed by atoms with Crippen LogP contribution in [0.1, 0.15) is 11.1 Å². The Kier molecular flexibility index (Phi) is 7.41. The van der Waals surface area contributed by atoms with E-state index in [0.29, 0.717) is 16.0 Å². The van der Waals surface area contributed by atoms with Gasteiger partial charge < -0.3 is 14.2 Å². The molecule has 0 fully saturated rings. The number of esters is 1. The van der Waals surface area contributed by atoms with Crippen LogP contribution in [0, 0.1) is 5.82 Å². The maximum atomic E-state index is 13.0. The molecule has 2 aromatic rings. The first-order chi connectivity index (χ1) is 12.5. The molecule has 0 aliphatic rings. The first kappa shape index (κ1) is 19.7. The summed E-state index contributed by atoms with van der Waals surface area (Å²) >= 11 is 3.44. The standard InChI is InChI=1S/C20H18BrFO4/c1-3-10-25-19(23)9-6-15-11-17(21)20(18(12-15)24-2)26-13-14-4-7-16(22)8-5-14/h3-9,11-12H,1,10,13H2,2H3/b9-6+. The third-order valence-electron chi connectivity index (χ3n) is 3.30. The number of rotatable bonds is 8. The predicted molar refractivity (Wildman–Crippen MR) is 102 cm³/mol. The maximum absolute atomic E-state index is 13.0. The summed E-state index contributed by atoms with van der Waals surface area (Å²) in [6, 6.07) is 9.60. The number of ether oxygens (including phenoxy) is 3. The summed E-state index contributed by atoms with van der Waals surface area (Å²) in [6.07, 6.45) is 4.44. The summed E-state index contributed by atoms with van der Waals surface area (Å²) in [6.45, 7) is 3.90. The van der Waals surface area contributed by atoms with Crippen LogP contribution in [-0.2, 0) is 16.1 Å². The lowest BCUT2D eigenvalue weighted by Gasteiger charge is -2.13. The molecule has 2 rings (SSSR count). The monoisotopic (exact) mass is 420 g/mol. The van der Waals surface area contributed by atoms with Crippen LogP contribution in [0.3, 0.4) is 0 Å². The van der Waals surface area contributed by atoms with E-state index in [-0.39, 0.29) is 19.0 Å². The van der Waals surface area contributed by atoms with Gasteiger partial charge in [0.15, 0.2) is 11.5 Å². The van der Waals surface area contributed by atoms with Crippen LogP contribution in [0.5, 0.6) is 11.5 Å². The average molecular weight is 421 g/mol. The zero-order valence-electron chi connectivity index (χ0n) is 14.2. The van der Waals surface area contributed by atoms with Gasteiger partial charge in [-0.2, -0.15) is 0 Å². The lowest BCUT2D eigenvalue weighted by molar-refractivity contribution is -0.136. The summed E-state index contributed by atoms with van der Waals surface area (Å²) in [7, 11) is 1.53. The van der Waals surface area contributed by atoms with Crippen LogP contribution in [-0.4, -0.2) is 19.7 Å². The Hall–Kier alpha value is -2.60. The highest BCUT2D eigenvalue weighted by Gasteiger charge is 2.11. The van der Waals surface area contributed by atoms with Gasteiger partial charge in [-0.1, -0.05) is 24.8 Å². The molecule has 0 N–H and O–H groups in total. The predicted octanol–water partition coefficient (Wildman–Crippen LogP) is 4.92. The minimum atomic E-state index is -0.461. The molecule has 0 amide bonds. The average Bonchev–Trinajstić information content (AvgIpc) is 2.64. The molecular weight excluding hydrogens is 403 g/mol. The molecule has 0 aliphatic carbocycles. The van der Waals surface area contributed by atoms with Gasteiger partial charge in [0.25, 0.3) is 0 Å². The molecule has 0 bridgehead atoms. The molecule has 0 saturated carbocycles. The number of hydrogen-bond acceptors (Lipinski definition) is 4. The van der Waals surface area contributed by atoms with Crippen LogP contribution in [0.15, 0.2) is 59.6 Å². The van der Waals surface area contributed by atoms with Crippen molar-refractivity contribution in [1.29, 1.82) is 0 Å². The van der Waals surface area contributed by atoms with Gasteiger partial charge >= 0.3 is 5.97 Å². The highest BCUT2D eigenvalue weighted by Crippen LogP contribution is 2.37. The molecule has 0 radical (unpaired) electrons. The molecule has 0 unspecified atom stereocenters. The summed E-state index contributed by atoms with van der Waals surface area (Å²) in [5.41, 5.74) is 1.56. The zero-order chi connectivity index (χ0) is 18.9. The van der Waals surface area contributed by atoms with E-state index in [0.717, 1.165) is 11.1 Å². The van der Waals surface area contributed by atoms with Crippen molar-refractivity contribution < 1.29 is 23.4 Å². The number of methoxy groups -OCH3 is 1. The van der Waals surface area contributed by atoms with Crippen molar-refractivity contribution in [2.45, 2.75) is 6.61 Å². The smallest absolute Gasteiger partial charge is 0.331 e. The summed E-state index contributed by atoms with van der Waals surface area (Å²) in [5.74, 6) is 0.260. The summed E-state index contributed by atoms with van der Waals surface area (Å²) < 4.78 is 29.7. The Bertz CT molecular complexity index is 800. The van der Waals surface area contributed by atoms with E-state index in [1.54, 1.807) is 30.3 Å². The number of hydrogen-bond donors (Lipinski definition) is 0. The Morgan fingerprint density at radius 1 is 1.27 bits per heavy atom. The number of carbonyl (C=O) groups excluding carboxylic acids is 1. The molecule has 0 aliphatic heterocycles. The van der Waals surface area contributed by atoms with Crippen molar-refractivity contribution in [2.24, 2.45) is 0 Å². The van der Waals surface area contributed by atoms with Crippen LogP contribution in [0.2, 0.25) is 0 Å². The molecule has 0 atom stereocenters. The first-order valence-electron chi connectivity index (χ1n) is 7.74. The van der Waals surface area contributed by atoms with Gasteiger partial charge in [0, 0.05) is 6.08 Å². The zero-order valence-corrected chi connectivity index (χ0v) is 15.8. The number of benzene rings is 2. The summed E-state index contributed by atoms with van der Waals surface area (Å²) in [4.78, 5) is 11.5. The van der Waals surface area contributed by atoms with Crippen LogP contribution in [0.25, 0.3) is 6.08 Å². The Morgan fingerprint density at radius 3 is 2.65 bits per heavy atom. The van der Waals surface area contributed by atoms with Crippen molar-refractivity contribution in [3.8, 4) is 11.5 Å². The second-order valence-electron chi connectivity index (χ2n) is 5.20. The van der Waals surface area contributed by atoms with Gasteiger partial charge in [-0.3, -0.25) is 0 Å². The molecule has 4 nitrogen and oxygen atoms in total. The molecule has 0 saturated heterocycles. The van der Waals surface area contributed by atoms with Gasteiger partial charge in [-0.25, -0.2) is 9.18 Å². The van der Waals surface area contributed by atoms with Crippen molar-refractivity contribution >= 4 is 28.0 Å². The van der Waals surface area contributed by atoms with Crippen molar-refractivity contribution in [1.82, 2.24) is 0 Å². The Morgan fingerprint density at radius 2 is 2.00 bits per heavy atom. The van der Waals surface area contributed by atoms with E-state index in [2.05, 4.69) is 22.5 Å². The fraction of sp³-hybridized carbons (Fsp3) is 0.150. The minimum absolute atomic E-state index is 0.159. The van der Waals surface area contributed by atoms with Crippen molar-refractivity contribution in [3.05, 3.63) is 76.5 Å². The normalized spacial score (nSPS) is 10.6. The lowest BCUT2D eigenvalue weighted by Crippen LogP contribution is -2.00. The molecule has 136 valence electrons. The minimum Gasteiger partial charge on any atom is -0.493 e. The molecule has 2 aromatic carbocycles. The lowest BCUT2D eigenvalue weighted by atomic mass is 10.2. The maximum Gasteiger partial charge on any atom is 0.331 e. The first-order valence-corrected chi connectivity index (χ1v) is 8.53. The third kappa shape index (κ3) is 5.74. The highest BCUT2D eigenvalue weighted by atomic mass is 79.9. The van der Waals surface area contributed by atoms with Crippen molar-refractivity contribution in [3.63, 3.8) is 0 Å². The van der Waals surface area contributed by atoms with E-state index >= 15 is 0 Å². The molecule has 6 heteroatoms. The van der Waals surface area contributed by atoms with E-state index < -0.39 is 5.97 Å². The Balaban J connectivity index is 2.12. The fourth-order valence-electron chi connectivity index (χ4n) is 2.07. The van der Waals surface area contributed by atoms with E-state index in [1.807, 2.05) is 0 Å². The van der Waals surface area contributed by atoms with Gasteiger partial charge in [-0.05, 0) is 57.4 Å². The van der Waals surface area contributed by atoms with E-state index in [9.17, 15) is 9.18 Å². The highest BCUT2D eigenvalue weighted by molar-refractivity contribution is 9.10. The number of carbonyl (C=O) groups is 1. The molecule has 0 spiro atoms. The second-order valence-corrected chi connectivity index (χ2v) is 6.06. The molecule has 0 aromatic heterocycles. The quantitative estimate of drug-likeness (QED) is 0.345. The Labute approximate surface area is 160 Å². The van der Waals surface area contributed by atoms with Gasteiger partial charge in [-0.15, -0.1) is 0 Å². The van der Waals surface area contributed by atoms with Gasteiger partial charge in [0.05, 0.1) is 11.6 Å². The fourth-order valence-corrected chi connectivity index (χ4v) is 2.64. The SMILES string of the molecule is C=CCOC(=O)/C=C/c1cc(Br)c(OCc2ccc(F)cc2)c(OC)c1. The van der Waals surface area contributed by atoms with Gasteiger partial charge in [0.2, 0.25) is 0 Å². The van der Waals surface area contributed by atoms with Gasteiger partial charge in [0.1, 0.15) is 19.0 Å². The topological polar surface area (TPSA) is 44.8 Å². The third-order valence-corrected chi connectivity index (χ3v) is 3.89. The summed E-state index contributed by atoms with van der Waals surface area (Å²) in [5, 5.41) is 0. The molecule has 26 heavy (non-hydrogen) atoms. The van der Waals surface area contributed by atoms with Crippen LogP contribution < -0.4 is 9.47 Å². The molecular formula is C20H18BrFO4. The van der Waals surface area contributed by atoms with E-state index in [1.165, 1.54) is 31.4 Å². The number of halogens is 2. The molecule has 0 heterocycles. The largest absolute Gasteiger partial charge is 0.493 e. The van der Waals surface area contributed by atoms with Crippen molar-refractivity contribution in [2.75, 3.05) is 13.7 Å². The second kappa shape index (κ2) is 9.77. The van der Waals surface area contributed by atoms with Crippen LogP contribution in [0.4, 0.5) is 4.39 Å². The van der Waals surface area contributed by atoms with Crippen LogP contribution >= 0.6 is 15.9 Å². The van der Waals surface area contributed by atoms with E-state index in [4.69, 9.17) is 14.2 Å².